The lowest BCUT2D eigenvalue weighted by atomic mass is 10.2. The lowest BCUT2D eigenvalue weighted by Gasteiger charge is -2.05. The van der Waals surface area contributed by atoms with Gasteiger partial charge < -0.3 is 10.3 Å². The topological polar surface area (TPSA) is 79.0 Å². The number of aromatic nitrogens is 1. The lowest BCUT2D eigenvalue weighted by Crippen LogP contribution is -2.12. The Bertz CT molecular complexity index is 1010. The second kappa shape index (κ2) is 5.72. The van der Waals surface area contributed by atoms with Crippen LogP contribution < -0.4 is 5.32 Å². The molecule has 3 rings (SSSR count). The molecule has 3 aromatic rings. The van der Waals surface area contributed by atoms with E-state index in [9.17, 15) is 13.2 Å². The first kappa shape index (κ1) is 15.6. The van der Waals surface area contributed by atoms with E-state index in [-0.39, 0.29) is 10.8 Å². The molecule has 0 saturated carbocycles. The Balaban J connectivity index is 1.94. The summed E-state index contributed by atoms with van der Waals surface area (Å²) in [5.41, 5.74) is 1.41. The van der Waals surface area contributed by atoms with Crippen molar-refractivity contribution in [1.82, 2.24) is 4.98 Å². The number of carbonyl (C=O) groups is 1. The largest absolute Gasteiger partial charge is 0.350 e. The number of rotatable bonds is 3. The van der Waals surface area contributed by atoms with E-state index in [1.54, 1.807) is 36.4 Å². The molecule has 2 N–H and O–H groups in total. The highest BCUT2D eigenvalue weighted by molar-refractivity contribution is 7.90. The maximum Gasteiger partial charge on any atom is 0.272 e. The van der Waals surface area contributed by atoms with Gasteiger partial charge in [0.05, 0.1) is 15.6 Å². The molecule has 7 heteroatoms. The van der Waals surface area contributed by atoms with E-state index in [0.717, 1.165) is 11.6 Å². The van der Waals surface area contributed by atoms with Crippen LogP contribution in [0.25, 0.3) is 10.9 Å². The number of benzene rings is 2. The molecule has 0 bridgehead atoms. The van der Waals surface area contributed by atoms with Crippen molar-refractivity contribution in [3.63, 3.8) is 0 Å². The third-order valence-corrected chi connectivity index (χ3v) is 4.83. The highest BCUT2D eigenvalue weighted by Crippen LogP contribution is 2.23. The molecule has 0 spiro atoms. The number of fused-ring (bicyclic) bond motifs is 1. The first-order valence-electron chi connectivity index (χ1n) is 6.73. The van der Waals surface area contributed by atoms with Crippen molar-refractivity contribution in [3.8, 4) is 0 Å². The van der Waals surface area contributed by atoms with Gasteiger partial charge in [0.1, 0.15) is 5.69 Å². The number of sulfone groups is 1. The van der Waals surface area contributed by atoms with E-state index < -0.39 is 9.84 Å². The zero-order valence-electron chi connectivity index (χ0n) is 12.1. The Morgan fingerprint density at radius 2 is 1.87 bits per heavy atom. The number of H-pyrrole nitrogens is 1. The van der Waals surface area contributed by atoms with E-state index in [1.165, 1.54) is 12.1 Å². The maximum atomic E-state index is 12.3. The molecule has 2 aromatic carbocycles. The van der Waals surface area contributed by atoms with E-state index >= 15 is 0 Å². The van der Waals surface area contributed by atoms with Gasteiger partial charge in [-0.25, -0.2) is 8.42 Å². The lowest BCUT2D eigenvalue weighted by molar-refractivity contribution is 0.102. The summed E-state index contributed by atoms with van der Waals surface area (Å²) in [6.45, 7) is 0. The fourth-order valence-electron chi connectivity index (χ4n) is 2.21. The van der Waals surface area contributed by atoms with Crippen molar-refractivity contribution in [2.45, 2.75) is 4.90 Å². The van der Waals surface area contributed by atoms with Crippen LogP contribution in [0, 0.1) is 0 Å². The standard InChI is InChI=1S/C16H13ClN2O3S/c1-23(21,22)11-7-6-10-8-15(18-14(10)9-11)16(20)19-13-5-3-2-4-12(13)17/h2-9,18H,1H3,(H,19,20). The van der Waals surface area contributed by atoms with Crippen LogP contribution in [0.2, 0.25) is 5.02 Å². The van der Waals surface area contributed by atoms with Gasteiger partial charge in [0.25, 0.3) is 5.91 Å². The van der Waals surface area contributed by atoms with Gasteiger partial charge in [-0.3, -0.25) is 4.79 Å². The predicted molar refractivity (Wildman–Crippen MR) is 90.8 cm³/mol. The van der Waals surface area contributed by atoms with Gasteiger partial charge >= 0.3 is 0 Å². The number of hydrogen-bond acceptors (Lipinski definition) is 3. The molecule has 118 valence electrons. The number of amides is 1. The second-order valence-electron chi connectivity index (χ2n) is 5.14. The molecule has 5 nitrogen and oxygen atoms in total. The monoisotopic (exact) mass is 348 g/mol. The maximum absolute atomic E-state index is 12.3. The third-order valence-electron chi connectivity index (χ3n) is 3.39. The fraction of sp³-hybridized carbons (Fsp3) is 0.0625. The number of para-hydroxylation sites is 1. The third kappa shape index (κ3) is 3.23. The normalized spacial score (nSPS) is 11.6. The summed E-state index contributed by atoms with van der Waals surface area (Å²) in [5.74, 6) is -0.352. The number of carbonyl (C=O) groups excluding carboxylic acids is 1. The molecule has 1 aromatic heterocycles. The molecular formula is C16H13ClN2O3S. The molecule has 0 fully saturated rings. The van der Waals surface area contributed by atoms with E-state index in [0.29, 0.717) is 21.9 Å². The number of hydrogen-bond donors (Lipinski definition) is 2. The minimum absolute atomic E-state index is 0.199. The van der Waals surface area contributed by atoms with Gasteiger partial charge in [0.15, 0.2) is 9.84 Å². The minimum Gasteiger partial charge on any atom is -0.350 e. The molecule has 0 aliphatic rings. The summed E-state index contributed by atoms with van der Waals surface area (Å²) in [6, 6.07) is 13.3. The summed E-state index contributed by atoms with van der Waals surface area (Å²) in [7, 11) is -3.30. The van der Waals surface area contributed by atoms with Gasteiger partial charge in [-0.1, -0.05) is 29.8 Å². The zero-order valence-corrected chi connectivity index (χ0v) is 13.7. The van der Waals surface area contributed by atoms with Crippen LogP contribution in [0.15, 0.2) is 53.4 Å². The van der Waals surface area contributed by atoms with Crippen molar-refractivity contribution in [2.24, 2.45) is 0 Å². The van der Waals surface area contributed by atoms with Gasteiger partial charge in [-0.15, -0.1) is 0 Å². The van der Waals surface area contributed by atoms with Crippen molar-refractivity contribution >= 4 is 43.9 Å². The van der Waals surface area contributed by atoms with Gasteiger partial charge in [0, 0.05) is 17.2 Å². The summed E-state index contributed by atoms with van der Waals surface area (Å²) >= 11 is 6.01. The van der Waals surface area contributed by atoms with Gasteiger partial charge in [-0.05, 0) is 30.3 Å². The Hall–Kier alpha value is -2.31. The smallest absolute Gasteiger partial charge is 0.272 e. The SMILES string of the molecule is CS(=O)(=O)c1ccc2cc(C(=O)Nc3ccccc3Cl)[nH]c2c1. The first-order valence-corrected chi connectivity index (χ1v) is 9.00. The van der Waals surface area contributed by atoms with Gasteiger partial charge in [0.2, 0.25) is 0 Å². The minimum atomic E-state index is -3.30. The summed E-state index contributed by atoms with van der Waals surface area (Å²) in [6.07, 6.45) is 1.14. The summed E-state index contributed by atoms with van der Waals surface area (Å²) < 4.78 is 23.2. The Kier molecular flexibility index (Phi) is 3.87. The Morgan fingerprint density at radius 1 is 1.13 bits per heavy atom. The van der Waals surface area contributed by atoms with Gasteiger partial charge in [-0.2, -0.15) is 0 Å². The predicted octanol–water partition coefficient (Wildman–Crippen LogP) is 3.48. The Morgan fingerprint density at radius 3 is 2.57 bits per heavy atom. The molecule has 0 atom stereocenters. The summed E-state index contributed by atoms with van der Waals surface area (Å²) in [4.78, 5) is 15.4. The van der Waals surface area contributed by atoms with E-state index in [2.05, 4.69) is 10.3 Å². The molecule has 0 aliphatic heterocycles. The molecule has 0 aliphatic carbocycles. The van der Waals surface area contributed by atoms with E-state index in [1.807, 2.05) is 0 Å². The molecule has 1 heterocycles. The van der Waals surface area contributed by atoms with E-state index in [4.69, 9.17) is 11.6 Å². The highest BCUT2D eigenvalue weighted by atomic mass is 35.5. The molecule has 0 unspecified atom stereocenters. The second-order valence-corrected chi connectivity index (χ2v) is 7.56. The van der Waals surface area contributed by atoms with Crippen LogP contribution in [0.5, 0.6) is 0 Å². The number of nitrogens with one attached hydrogen (secondary N) is 2. The molecule has 1 amide bonds. The van der Waals surface area contributed by atoms with Crippen LogP contribution >= 0.6 is 11.6 Å². The van der Waals surface area contributed by atoms with Crippen LogP contribution in [-0.4, -0.2) is 25.6 Å². The van der Waals surface area contributed by atoms with Crippen molar-refractivity contribution < 1.29 is 13.2 Å². The number of aromatic amines is 1. The first-order chi connectivity index (χ1) is 10.8. The van der Waals surface area contributed by atoms with Crippen LogP contribution in [0.3, 0.4) is 0 Å². The molecule has 23 heavy (non-hydrogen) atoms. The molecular weight excluding hydrogens is 336 g/mol. The van der Waals surface area contributed by atoms with Crippen molar-refractivity contribution in [2.75, 3.05) is 11.6 Å². The van der Waals surface area contributed by atoms with Crippen LogP contribution in [0.4, 0.5) is 5.69 Å². The number of anilines is 1. The molecule has 0 radical (unpaired) electrons. The quantitative estimate of drug-likeness (QED) is 0.760. The summed E-state index contributed by atoms with van der Waals surface area (Å²) in [5, 5.41) is 3.90. The Labute approximate surface area is 138 Å². The average molecular weight is 349 g/mol. The van der Waals surface area contributed by atoms with Crippen LogP contribution in [0.1, 0.15) is 10.5 Å². The molecule has 0 saturated heterocycles. The van der Waals surface area contributed by atoms with Crippen molar-refractivity contribution in [1.29, 1.82) is 0 Å². The number of halogens is 1. The zero-order chi connectivity index (χ0) is 16.6. The van der Waals surface area contributed by atoms with Crippen LogP contribution in [-0.2, 0) is 9.84 Å². The van der Waals surface area contributed by atoms with Crippen molar-refractivity contribution in [3.05, 3.63) is 59.2 Å². The average Bonchev–Trinajstić information content (AvgIpc) is 2.92. The fourth-order valence-corrected chi connectivity index (χ4v) is 3.04. The highest BCUT2D eigenvalue weighted by Gasteiger charge is 2.13.